The van der Waals surface area contributed by atoms with Gasteiger partial charge in [-0.25, -0.2) is 13.2 Å². The Labute approximate surface area is 183 Å². The van der Waals surface area contributed by atoms with Gasteiger partial charge < -0.3 is 14.0 Å². The molecule has 0 aliphatic carbocycles. The second-order valence-electron chi connectivity index (χ2n) is 8.39. The van der Waals surface area contributed by atoms with E-state index in [1.807, 2.05) is 20.8 Å². The standard InChI is InChI=1S/C20H23F3N2O6S/c1-18(2,3)15-12-16(25-31-15)24-17(26)30-19(8-10-29-11-9-19)32(27,28)14-6-4-13(5-7-14)20(21,22)23/h4-7,12H,8-11H2,1-3H3,(H,24,25,26). The summed E-state index contributed by atoms with van der Waals surface area (Å²) < 4.78 is 80.9. The Bertz CT molecular complexity index is 1070. The largest absolute Gasteiger partial charge is 0.426 e. The number of nitrogens with zero attached hydrogens (tertiary/aromatic N) is 1. The summed E-state index contributed by atoms with van der Waals surface area (Å²) in [7, 11) is -4.37. The van der Waals surface area contributed by atoms with Crippen LogP contribution in [-0.4, -0.2) is 37.8 Å². The Kier molecular flexibility index (Phi) is 6.31. The number of sulfone groups is 1. The summed E-state index contributed by atoms with van der Waals surface area (Å²) >= 11 is 0. The van der Waals surface area contributed by atoms with Crippen molar-refractivity contribution in [3.63, 3.8) is 0 Å². The SMILES string of the molecule is CC(C)(C)c1cc(NC(=O)OC2(S(=O)(=O)c3ccc(C(F)(F)F)cc3)CCOCC2)no1. The fraction of sp³-hybridized carbons (Fsp3) is 0.500. The number of ether oxygens (including phenoxy) is 2. The summed E-state index contributed by atoms with van der Waals surface area (Å²) in [4.78, 5) is 10.1. The molecule has 2 aromatic rings. The lowest BCUT2D eigenvalue weighted by Crippen LogP contribution is -2.48. The number of amides is 1. The Hall–Kier alpha value is -2.60. The van der Waals surface area contributed by atoms with Crippen LogP contribution in [0, 0.1) is 0 Å². The van der Waals surface area contributed by atoms with Gasteiger partial charge in [-0.05, 0) is 24.3 Å². The lowest BCUT2D eigenvalue weighted by atomic mass is 9.93. The highest BCUT2D eigenvalue weighted by atomic mass is 32.2. The van der Waals surface area contributed by atoms with Crippen molar-refractivity contribution in [1.29, 1.82) is 0 Å². The zero-order valence-electron chi connectivity index (χ0n) is 17.7. The van der Waals surface area contributed by atoms with E-state index in [0.717, 1.165) is 12.1 Å². The molecule has 0 spiro atoms. The number of nitrogens with one attached hydrogen (secondary N) is 1. The third-order valence-electron chi connectivity index (χ3n) is 4.99. The molecule has 0 atom stereocenters. The monoisotopic (exact) mass is 476 g/mol. The number of carbonyl (C=O) groups excluding carboxylic acids is 1. The third-order valence-corrected chi connectivity index (χ3v) is 7.36. The molecule has 176 valence electrons. The topological polar surface area (TPSA) is 108 Å². The van der Waals surface area contributed by atoms with E-state index in [-0.39, 0.29) is 37.3 Å². The minimum Gasteiger partial charge on any atom is -0.426 e. The van der Waals surface area contributed by atoms with Crippen LogP contribution < -0.4 is 5.32 Å². The Morgan fingerprint density at radius 3 is 2.22 bits per heavy atom. The number of anilines is 1. The fourth-order valence-electron chi connectivity index (χ4n) is 3.13. The van der Waals surface area contributed by atoms with Crippen LogP contribution in [0.15, 0.2) is 39.8 Å². The van der Waals surface area contributed by atoms with Crippen molar-refractivity contribution in [1.82, 2.24) is 5.16 Å². The average molecular weight is 476 g/mol. The lowest BCUT2D eigenvalue weighted by Gasteiger charge is -2.35. The van der Waals surface area contributed by atoms with Crippen LogP contribution in [-0.2, 0) is 30.9 Å². The van der Waals surface area contributed by atoms with Gasteiger partial charge in [-0.2, -0.15) is 13.2 Å². The molecule has 8 nitrogen and oxygen atoms in total. The fourth-order valence-corrected chi connectivity index (χ4v) is 4.95. The van der Waals surface area contributed by atoms with Crippen LogP contribution in [0.1, 0.15) is 44.9 Å². The van der Waals surface area contributed by atoms with Gasteiger partial charge in [-0.15, -0.1) is 0 Å². The number of carbonyl (C=O) groups is 1. The van der Waals surface area contributed by atoms with Crippen molar-refractivity contribution in [2.75, 3.05) is 18.5 Å². The van der Waals surface area contributed by atoms with Gasteiger partial charge in [0.15, 0.2) is 5.82 Å². The maximum absolute atomic E-state index is 13.3. The Balaban J connectivity index is 1.85. The van der Waals surface area contributed by atoms with Gasteiger partial charge in [0.25, 0.3) is 0 Å². The molecule has 0 unspecified atom stereocenters. The first-order valence-corrected chi connectivity index (χ1v) is 11.2. The van der Waals surface area contributed by atoms with Gasteiger partial charge in [0.1, 0.15) is 5.76 Å². The van der Waals surface area contributed by atoms with Crippen LogP contribution in [0.4, 0.5) is 23.8 Å². The van der Waals surface area contributed by atoms with Crippen molar-refractivity contribution < 1.29 is 40.4 Å². The summed E-state index contributed by atoms with van der Waals surface area (Å²) in [6.07, 6.45) is -6.07. The molecule has 0 saturated carbocycles. The van der Waals surface area contributed by atoms with Gasteiger partial charge >= 0.3 is 12.3 Å². The number of aromatic nitrogens is 1. The van der Waals surface area contributed by atoms with Gasteiger partial charge in [-0.1, -0.05) is 25.9 Å². The second-order valence-corrected chi connectivity index (χ2v) is 10.6. The predicted molar refractivity (Wildman–Crippen MR) is 107 cm³/mol. The van der Waals surface area contributed by atoms with Crippen LogP contribution in [0.3, 0.4) is 0 Å². The number of halogens is 3. The summed E-state index contributed by atoms with van der Waals surface area (Å²) in [5.74, 6) is 0.528. The average Bonchev–Trinajstić information content (AvgIpc) is 3.17. The number of hydrogen-bond acceptors (Lipinski definition) is 7. The zero-order chi connectivity index (χ0) is 23.8. The first-order valence-electron chi connectivity index (χ1n) is 9.71. The maximum Gasteiger partial charge on any atom is 0.416 e. The molecule has 2 heterocycles. The van der Waals surface area contributed by atoms with Crippen molar-refractivity contribution in [2.45, 2.75) is 55.0 Å². The van der Waals surface area contributed by atoms with Crippen molar-refractivity contribution in [3.8, 4) is 0 Å². The number of benzene rings is 1. The molecule has 32 heavy (non-hydrogen) atoms. The highest BCUT2D eigenvalue weighted by Crippen LogP contribution is 2.38. The molecule has 0 bridgehead atoms. The summed E-state index contributed by atoms with van der Waals surface area (Å²) in [5, 5.41) is 6.06. The number of alkyl halides is 3. The smallest absolute Gasteiger partial charge is 0.416 e. The van der Waals surface area contributed by atoms with E-state index in [4.69, 9.17) is 14.0 Å². The molecule has 1 amide bonds. The first kappa shape index (κ1) is 24.1. The molecule has 0 radical (unpaired) electrons. The normalized spacial score (nSPS) is 17.1. The molecule has 1 N–H and O–H groups in total. The number of hydrogen-bond donors (Lipinski definition) is 1. The van der Waals surface area contributed by atoms with Crippen molar-refractivity contribution >= 4 is 21.7 Å². The van der Waals surface area contributed by atoms with Gasteiger partial charge in [-0.3, -0.25) is 5.32 Å². The molecule has 3 rings (SSSR count). The number of rotatable bonds is 4. The quantitative estimate of drug-likeness (QED) is 0.691. The van der Waals surface area contributed by atoms with Crippen LogP contribution >= 0.6 is 0 Å². The highest BCUT2D eigenvalue weighted by molar-refractivity contribution is 7.92. The second kappa shape index (κ2) is 8.39. The van der Waals surface area contributed by atoms with E-state index in [2.05, 4.69) is 10.5 Å². The minimum atomic E-state index is -4.61. The third kappa shape index (κ3) is 4.90. The first-order chi connectivity index (χ1) is 14.7. The molecule has 1 aromatic heterocycles. The molecular formula is C20H23F3N2O6S. The van der Waals surface area contributed by atoms with Crippen LogP contribution in [0.5, 0.6) is 0 Å². The minimum absolute atomic E-state index is 0.00865. The van der Waals surface area contributed by atoms with E-state index < -0.39 is 37.5 Å². The highest BCUT2D eigenvalue weighted by Gasteiger charge is 2.50. The Morgan fingerprint density at radius 2 is 1.72 bits per heavy atom. The van der Waals surface area contributed by atoms with E-state index in [1.54, 1.807) is 0 Å². The van der Waals surface area contributed by atoms with E-state index >= 15 is 0 Å². The van der Waals surface area contributed by atoms with Gasteiger partial charge in [0, 0.05) is 24.3 Å². The van der Waals surface area contributed by atoms with Crippen molar-refractivity contribution in [2.24, 2.45) is 0 Å². The van der Waals surface area contributed by atoms with Crippen LogP contribution in [0.2, 0.25) is 0 Å². The van der Waals surface area contributed by atoms with E-state index in [1.165, 1.54) is 6.07 Å². The zero-order valence-corrected chi connectivity index (χ0v) is 18.5. The van der Waals surface area contributed by atoms with E-state index in [9.17, 15) is 26.4 Å². The van der Waals surface area contributed by atoms with Gasteiger partial charge in [0.2, 0.25) is 14.8 Å². The summed E-state index contributed by atoms with van der Waals surface area (Å²) in [6, 6.07) is 4.53. The van der Waals surface area contributed by atoms with E-state index in [0.29, 0.717) is 17.9 Å². The molecule has 1 fully saturated rings. The van der Waals surface area contributed by atoms with Crippen LogP contribution in [0.25, 0.3) is 0 Å². The maximum atomic E-state index is 13.3. The molecule has 12 heteroatoms. The molecule has 1 aliphatic rings. The molecular weight excluding hydrogens is 453 g/mol. The summed E-state index contributed by atoms with van der Waals surface area (Å²) in [5.41, 5.74) is -1.36. The summed E-state index contributed by atoms with van der Waals surface area (Å²) in [6.45, 7) is 5.62. The lowest BCUT2D eigenvalue weighted by molar-refractivity contribution is -0.137. The van der Waals surface area contributed by atoms with Crippen molar-refractivity contribution in [3.05, 3.63) is 41.7 Å². The molecule has 1 saturated heterocycles. The Morgan fingerprint density at radius 1 is 1.12 bits per heavy atom. The van der Waals surface area contributed by atoms with Gasteiger partial charge in [0.05, 0.1) is 23.7 Å². The predicted octanol–water partition coefficient (Wildman–Crippen LogP) is 4.52. The molecule has 1 aliphatic heterocycles. The molecule has 1 aromatic carbocycles.